The molecule has 2 aromatic rings. The minimum Gasteiger partial charge on any atom is -0.376 e. The molecule has 4 nitrogen and oxygen atoms in total. The van der Waals surface area contributed by atoms with Gasteiger partial charge < -0.3 is 5.32 Å². The lowest BCUT2D eigenvalue weighted by molar-refractivity contribution is 0.0961. The summed E-state index contributed by atoms with van der Waals surface area (Å²) in [5.41, 5.74) is 2.43. The zero-order valence-corrected chi connectivity index (χ0v) is 16.8. The minimum absolute atomic E-state index is 0.0861. The number of rotatable bonds is 6. The van der Waals surface area contributed by atoms with Crippen molar-refractivity contribution in [2.45, 2.75) is 38.6 Å². The van der Waals surface area contributed by atoms with Crippen molar-refractivity contribution in [3.05, 3.63) is 81.5 Å². The Labute approximate surface area is 175 Å². The number of allylic oxidation sites excluding steroid dienone is 2. The first kappa shape index (κ1) is 19.6. The van der Waals surface area contributed by atoms with Crippen LogP contribution in [0.4, 0.5) is 0 Å². The van der Waals surface area contributed by atoms with Crippen molar-refractivity contribution in [1.29, 1.82) is 0 Å². The molecular weight excluding hydrogens is 386 g/mol. The van der Waals surface area contributed by atoms with Crippen LogP contribution >= 0.6 is 11.6 Å². The predicted molar refractivity (Wildman–Crippen MR) is 112 cm³/mol. The molecule has 0 bridgehead atoms. The van der Waals surface area contributed by atoms with E-state index in [0.717, 1.165) is 24.0 Å². The highest BCUT2D eigenvalue weighted by Crippen LogP contribution is 2.29. The van der Waals surface area contributed by atoms with Crippen LogP contribution in [0.1, 0.15) is 68.7 Å². The van der Waals surface area contributed by atoms with Crippen LogP contribution in [0.15, 0.2) is 59.3 Å². The summed E-state index contributed by atoms with van der Waals surface area (Å²) in [7, 11) is 0. The first-order valence-electron chi connectivity index (χ1n) is 9.99. The lowest BCUT2D eigenvalue weighted by Gasteiger charge is -2.19. The largest absolute Gasteiger partial charge is 0.376 e. The van der Waals surface area contributed by atoms with Crippen LogP contribution in [0.2, 0.25) is 0 Å². The van der Waals surface area contributed by atoms with Crippen molar-refractivity contribution in [3.63, 3.8) is 0 Å². The molecule has 4 rings (SSSR count). The maximum atomic E-state index is 12.7. The number of benzene rings is 2. The molecule has 1 saturated carbocycles. The molecule has 0 unspecified atom stereocenters. The number of Topliss-reactive ketones (excluding diaryl/α,β-unsaturated/α-hetero) is 3. The lowest BCUT2D eigenvalue weighted by atomic mass is 9.92. The quantitative estimate of drug-likeness (QED) is 0.679. The zero-order chi connectivity index (χ0) is 20.4. The molecule has 2 aliphatic carbocycles. The highest BCUT2D eigenvalue weighted by Gasteiger charge is 2.31. The fourth-order valence-electron chi connectivity index (χ4n) is 4.10. The van der Waals surface area contributed by atoms with Crippen molar-refractivity contribution >= 4 is 29.0 Å². The van der Waals surface area contributed by atoms with Gasteiger partial charge in [0, 0.05) is 29.7 Å². The molecule has 0 heterocycles. The van der Waals surface area contributed by atoms with Crippen LogP contribution in [-0.4, -0.2) is 17.3 Å². The van der Waals surface area contributed by atoms with Crippen molar-refractivity contribution in [2.24, 2.45) is 5.92 Å². The fraction of sp³-hybridized carbons (Fsp3) is 0.292. The van der Waals surface area contributed by atoms with E-state index in [9.17, 15) is 14.4 Å². The molecule has 0 radical (unpaired) electrons. The van der Waals surface area contributed by atoms with E-state index in [-0.39, 0.29) is 28.1 Å². The van der Waals surface area contributed by atoms with E-state index < -0.39 is 0 Å². The molecule has 1 N–H and O–H groups in total. The van der Waals surface area contributed by atoms with Gasteiger partial charge in [-0.25, -0.2) is 0 Å². The molecule has 2 aliphatic rings. The molecule has 0 aliphatic heterocycles. The molecule has 148 valence electrons. The Morgan fingerprint density at radius 2 is 1.55 bits per heavy atom. The van der Waals surface area contributed by atoms with Gasteiger partial charge in [-0.2, -0.15) is 0 Å². The number of nitrogens with one attached hydrogen (secondary N) is 1. The molecule has 5 heteroatoms. The number of carbonyl (C=O) groups excluding carboxylic acids is 3. The Balaban J connectivity index is 1.42. The lowest BCUT2D eigenvalue weighted by Crippen LogP contribution is -2.28. The number of halogens is 1. The van der Waals surface area contributed by atoms with Crippen molar-refractivity contribution in [3.8, 4) is 0 Å². The average Bonchev–Trinajstić information content (AvgIpc) is 3.25. The summed E-state index contributed by atoms with van der Waals surface area (Å²) in [4.78, 5) is 37.6. The second-order valence-corrected chi connectivity index (χ2v) is 8.10. The number of hydrogen-bond donors (Lipinski definition) is 1. The Morgan fingerprint density at radius 1 is 0.931 bits per heavy atom. The van der Waals surface area contributed by atoms with Crippen molar-refractivity contribution in [1.82, 2.24) is 5.32 Å². The SMILES string of the molecule is O=C(CC1CCCC1)c1ccc(CNC2=C(Cl)C(=O)c3ccccc3C2=O)cc1. The zero-order valence-electron chi connectivity index (χ0n) is 16.0. The number of carbonyl (C=O) groups is 3. The van der Waals surface area contributed by atoms with Gasteiger partial charge in [0.2, 0.25) is 11.6 Å². The Morgan fingerprint density at radius 3 is 2.21 bits per heavy atom. The van der Waals surface area contributed by atoms with Gasteiger partial charge in [0.15, 0.2) is 5.78 Å². The van der Waals surface area contributed by atoms with Crippen LogP contribution < -0.4 is 5.32 Å². The second kappa shape index (κ2) is 8.34. The molecule has 29 heavy (non-hydrogen) atoms. The van der Waals surface area contributed by atoms with E-state index in [1.807, 2.05) is 24.3 Å². The number of ketones is 3. The summed E-state index contributed by atoms with van der Waals surface area (Å²) in [6, 6.07) is 14.1. The molecule has 0 saturated heterocycles. The van der Waals surface area contributed by atoms with E-state index in [2.05, 4.69) is 5.32 Å². The van der Waals surface area contributed by atoms with Gasteiger partial charge in [-0.1, -0.05) is 85.8 Å². The van der Waals surface area contributed by atoms with Gasteiger partial charge >= 0.3 is 0 Å². The molecule has 0 aromatic heterocycles. The minimum atomic E-state index is -0.350. The third-order valence-electron chi connectivity index (χ3n) is 5.76. The van der Waals surface area contributed by atoms with Gasteiger partial charge in [-0.15, -0.1) is 0 Å². The average molecular weight is 408 g/mol. The van der Waals surface area contributed by atoms with Gasteiger partial charge in [-0.05, 0) is 11.5 Å². The Bertz CT molecular complexity index is 1000. The fourth-order valence-corrected chi connectivity index (χ4v) is 4.35. The molecule has 0 atom stereocenters. The second-order valence-electron chi connectivity index (χ2n) is 7.72. The smallest absolute Gasteiger partial charge is 0.211 e. The highest BCUT2D eigenvalue weighted by molar-refractivity contribution is 6.49. The summed E-state index contributed by atoms with van der Waals surface area (Å²) in [5.74, 6) is 0.0771. The van der Waals surface area contributed by atoms with E-state index in [4.69, 9.17) is 11.6 Å². The first-order chi connectivity index (χ1) is 14.0. The van der Waals surface area contributed by atoms with E-state index in [1.54, 1.807) is 24.3 Å². The highest BCUT2D eigenvalue weighted by atomic mass is 35.5. The van der Waals surface area contributed by atoms with E-state index in [0.29, 0.717) is 30.0 Å². The summed E-state index contributed by atoms with van der Waals surface area (Å²) < 4.78 is 0. The van der Waals surface area contributed by atoms with Crippen LogP contribution in [-0.2, 0) is 6.54 Å². The molecule has 2 aromatic carbocycles. The van der Waals surface area contributed by atoms with Gasteiger partial charge in [-0.3, -0.25) is 14.4 Å². The summed E-state index contributed by atoms with van der Waals surface area (Å²) in [6.45, 7) is 0.337. The summed E-state index contributed by atoms with van der Waals surface area (Å²) in [6.07, 6.45) is 5.38. The van der Waals surface area contributed by atoms with Crippen LogP contribution in [0, 0.1) is 5.92 Å². The van der Waals surface area contributed by atoms with E-state index in [1.165, 1.54) is 12.8 Å². The van der Waals surface area contributed by atoms with Crippen LogP contribution in [0.5, 0.6) is 0 Å². The van der Waals surface area contributed by atoms with Gasteiger partial charge in [0.25, 0.3) is 0 Å². The molecule has 0 spiro atoms. The van der Waals surface area contributed by atoms with Crippen LogP contribution in [0.3, 0.4) is 0 Å². The third-order valence-corrected chi connectivity index (χ3v) is 6.12. The van der Waals surface area contributed by atoms with Gasteiger partial charge in [0.05, 0.1) is 0 Å². The first-order valence-corrected chi connectivity index (χ1v) is 10.4. The molecular formula is C24H22ClNO3. The van der Waals surface area contributed by atoms with E-state index >= 15 is 0 Å². The number of hydrogen-bond acceptors (Lipinski definition) is 4. The summed E-state index contributed by atoms with van der Waals surface area (Å²) >= 11 is 6.17. The van der Waals surface area contributed by atoms with Gasteiger partial charge in [0.1, 0.15) is 10.7 Å². The third kappa shape index (κ3) is 4.03. The number of fused-ring (bicyclic) bond motifs is 1. The molecule has 0 amide bonds. The topological polar surface area (TPSA) is 63.2 Å². The van der Waals surface area contributed by atoms with Crippen molar-refractivity contribution < 1.29 is 14.4 Å². The molecule has 1 fully saturated rings. The maximum Gasteiger partial charge on any atom is 0.211 e. The normalized spacial score (nSPS) is 16.9. The van der Waals surface area contributed by atoms with Crippen molar-refractivity contribution in [2.75, 3.05) is 0 Å². The monoisotopic (exact) mass is 407 g/mol. The standard InChI is InChI=1S/C24H22ClNO3/c25-21-22(24(29)19-8-4-3-7-18(19)23(21)28)26-14-16-9-11-17(12-10-16)20(27)13-15-5-1-2-6-15/h3-4,7-12,15,26H,1-2,5-6,13-14H2. The Kier molecular flexibility index (Phi) is 5.63. The van der Waals surface area contributed by atoms with Crippen LogP contribution in [0.25, 0.3) is 0 Å². The summed E-state index contributed by atoms with van der Waals surface area (Å²) in [5, 5.41) is 2.92. The Hall–Kier alpha value is -2.72. The maximum absolute atomic E-state index is 12.7. The predicted octanol–water partition coefficient (Wildman–Crippen LogP) is 5.07.